The van der Waals surface area contributed by atoms with Crippen LogP contribution in [0, 0.1) is 0 Å². The number of carboxylic acids is 1. The van der Waals surface area contributed by atoms with Crippen LogP contribution in [0.4, 0.5) is 0 Å². The topological polar surface area (TPSA) is 252 Å². The summed E-state index contributed by atoms with van der Waals surface area (Å²) in [6.07, 6.45) is 3.18. The Balaban J connectivity index is 2.70. The van der Waals surface area contributed by atoms with Gasteiger partial charge in [0.2, 0.25) is 17.7 Å². The number of aliphatic carboxylic acids is 1. The molecule has 12 N–H and O–H groups in total. The fourth-order valence-electron chi connectivity index (χ4n) is 3.64. The molecule has 4 unspecified atom stereocenters. The van der Waals surface area contributed by atoms with Crippen molar-refractivity contribution in [3.8, 4) is 0 Å². The molecule has 3 amide bonds. The summed E-state index contributed by atoms with van der Waals surface area (Å²) in [5.74, 6) is -3.24. The first kappa shape index (κ1) is 29.1. The maximum Gasteiger partial charge on any atom is 0.326 e. The molecule has 1 aliphatic rings. The molecule has 4 atom stereocenters. The Morgan fingerprint density at radius 3 is 2.35 bits per heavy atom. The van der Waals surface area contributed by atoms with Crippen LogP contribution >= 0.6 is 0 Å². The molecule has 1 heterocycles. The minimum Gasteiger partial charge on any atom is -0.480 e. The number of guanidine groups is 1. The molecule has 14 nitrogen and oxygen atoms in total. The molecule has 1 aliphatic heterocycles. The number of nitrogens with zero attached hydrogens (tertiary/aromatic N) is 2. The fourth-order valence-corrected chi connectivity index (χ4v) is 3.64. The van der Waals surface area contributed by atoms with Crippen molar-refractivity contribution in [1.29, 1.82) is 0 Å². The normalized spacial score (nSPS) is 18.0. The van der Waals surface area contributed by atoms with Gasteiger partial charge in [-0.2, -0.15) is 0 Å². The number of hydrogen-bond acceptors (Lipinski definition) is 8. The maximum absolute atomic E-state index is 12.8. The van der Waals surface area contributed by atoms with Crippen LogP contribution in [0.1, 0.15) is 44.9 Å². The van der Waals surface area contributed by atoms with Gasteiger partial charge in [0.25, 0.3) is 0 Å². The average Bonchev–Trinajstić information content (AvgIpc) is 3.28. The number of amides is 3. The van der Waals surface area contributed by atoms with Crippen molar-refractivity contribution >= 4 is 29.7 Å². The maximum atomic E-state index is 12.8. The lowest BCUT2D eigenvalue weighted by molar-refractivity contribution is -0.143. The molecule has 0 aromatic carbocycles. The number of aliphatic hydroxyl groups is 1. The molecule has 194 valence electrons. The molecular formula is C20H38N8O6. The molecule has 0 aromatic heterocycles. The van der Waals surface area contributed by atoms with E-state index in [4.69, 9.17) is 22.9 Å². The van der Waals surface area contributed by atoms with Gasteiger partial charge < -0.3 is 48.7 Å². The number of carbonyl (C=O) groups excluding carboxylic acids is 3. The molecule has 0 radical (unpaired) electrons. The Labute approximate surface area is 198 Å². The summed E-state index contributed by atoms with van der Waals surface area (Å²) in [5, 5.41) is 23.7. The van der Waals surface area contributed by atoms with Crippen LogP contribution in [-0.2, 0) is 19.2 Å². The van der Waals surface area contributed by atoms with Crippen LogP contribution in [0.25, 0.3) is 0 Å². The lowest BCUT2D eigenvalue weighted by Crippen LogP contribution is -2.57. The van der Waals surface area contributed by atoms with Gasteiger partial charge >= 0.3 is 5.97 Å². The fraction of sp³-hybridized carbons (Fsp3) is 0.750. The summed E-state index contributed by atoms with van der Waals surface area (Å²) in [6, 6.07) is -4.23. The van der Waals surface area contributed by atoms with E-state index in [1.807, 2.05) is 0 Å². The SMILES string of the molecule is NCCCCC(N)C(=O)N1CCCC1C(=O)NC(CO)C(=O)NC(CCCN=C(N)N)C(=O)O. The third kappa shape index (κ3) is 9.49. The van der Waals surface area contributed by atoms with E-state index in [1.165, 1.54) is 4.90 Å². The first-order valence-corrected chi connectivity index (χ1v) is 11.4. The van der Waals surface area contributed by atoms with Crippen molar-refractivity contribution in [1.82, 2.24) is 15.5 Å². The van der Waals surface area contributed by atoms with Crippen LogP contribution in [-0.4, -0.2) is 95.2 Å². The second-order valence-corrected chi connectivity index (χ2v) is 8.17. The molecule has 0 aromatic rings. The Morgan fingerprint density at radius 1 is 1.06 bits per heavy atom. The molecule has 1 saturated heterocycles. The monoisotopic (exact) mass is 486 g/mol. The standard InChI is InChI=1S/C20H38N8O6/c21-8-2-1-5-12(22)18(32)28-10-4-7-15(28)17(31)27-14(11-29)16(30)26-13(19(33)34)6-3-9-25-20(23)24/h12-15,29H,1-11,21-22H2,(H,26,30)(H,27,31)(H,33,34)(H4,23,24,25). The van der Waals surface area contributed by atoms with Gasteiger partial charge in [-0.25, -0.2) is 4.79 Å². The van der Waals surface area contributed by atoms with E-state index >= 15 is 0 Å². The van der Waals surface area contributed by atoms with Gasteiger partial charge in [-0.05, 0) is 45.1 Å². The summed E-state index contributed by atoms with van der Waals surface area (Å²) >= 11 is 0. The highest BCUT2D eigenvalue weighted by atomic mass is 16.4. The number of aliphatic hydroxyl groups excluding tert-OH is 1. The van der Waals surface area contributed by atoms with Crippen LogP contribution in [0.2, 0.25) is 0 Å². The smallest absolute Gasteiger partial charge is 0.326 e. The Kier molecular flexibility index (Phi) is 12.8. The predicted octanol–water partition coefficient (Wildman–Crippen LogP) is -3.47. The highest BCUT2D eigenvalue weighted by molar-refractivity contribution is 5.94. The van der Waals surface area contributed by atoms with Crippen molar-refractivity contribution in [2.24, 2.45) is 27.9 Å². The lowest BCUT2D eigenvalue weighted by Gasteiger charge is -2.28. The van der Waals surface area contributed by atoms with Crippen LogP contribution in [0.15, 0.2) is 4.99 Å². The van der Waals surface area contributed by atoms with Gasteiger partial charge in [0.1, 0.15) is 18.1 Å². The zero-order valence-corrected chi connectivity index (χ0v) is 19.3. The Hall–Kier alpha value is -2.97. The predicted molar refractivity (Wildman–Crippen MR) is 124 cm³/mol. The quantitative estimate of drug-likeness (QED) is 0.0644. The average molecular weight is 487 g/mol. The molecule has 1 rings (SSSR count). The molecular weight excluding hydrogens is 448 g/mol. The van der Waals surface area contributed by atoms with Crippen molar-refractivity contribution in [3.63, 3.8) is 0 Å². The summed E-state index contributed by atoms with van der Waals surface area (Å²) in [5.41, 5.74) is 21.9. The van der Waals surface area contributed by atoms with Gasteiger partial charge in [0, 0.05) is 13.1 Å². The van der Waals surface area contributed by atoms with E-state index in [0.717, 1.165) is 6.42 Å². The van der Waals surface area contributed by atoms with E-state index in [0.29, 0.717) is 38.8 Å². The number of likely N-dealkylation sites (tertiary alicyclic amines) is 1. The molecule has 0 aliphatic carbocycles. The number of carboxylic acid groups (broad SMARTS) is 1. The zero-order chi connectivity index (χ0) is 25.7. The van der Waals surface area contributed by atoms with E-state index in [9.17, 15) is 29.4 Å². The van der Waals surface area contributed by atoms with E-state index in [1.54, 1.807) is 0 Å². The van der Waals surface area contributed by atoms with Crippen molar-refractivity contribution in [2.45, 2.75) is 69.1 Å². The van der Waals surface area contributed by atoms with Crippen LogP contribution in [0.3, 0.4) is 0 Å². The zero-order valence-electron chi connectivity index (χ0n) is 19.3. The van der Waals surface area contributed by atoms with Gasteiger partial charge in [-0.1, -0.05) is 6.42 Å². The summed E-state index contributed by atoms with van der Waals surface area (Å²) < 4.78 is 0. The summed E-state index contributed by atoms with van der Waals surface area (Å²) in [7, 11) is 0. The van der Waals surface area contributed by atoms with Crippen molar-refractivity contribution < 1.29 is 29.4 Å². The Bertz CT molecular complexity index is 730. The van der Waals surface area contributed by atoms with Crippen molar-refractivity contribution in [2.75, 3.05) is 26.2 Å². The molecule has 0 spiro atoms. The number of rotatable bonds is 15. The third-order valence-corrected chi connectivity index (χ3v) is 5.50. The minimum absolute atomic E-state index is 0.0386. The molecule has 14 heteroatoms. The Morgan fingerprint density at radius 2 is 1.76 bits per heavy atom. The van der Waals surface area contributed by atoms with E-state index in [-0.39, 0.29) is 31.3 Å². The summed E-state index contributed by atoms with van der Waals surface area (Å²) in [6.45, 7) is 0.285. The first-order valence-electron chi connectivity index (χ1n) is 11.4. The third-order valence-electron chi connectivity index (χ3n) is 5.50. The van der Waals surface area contributed by atoms with Gasteiger partial charge in [0.05, 0.1) is 12.6 Å². The summed E-state index contributed by atoms with van der Waals surface area (Å²) in [4.78, 5) is 54.6. The number of hydrogen-bond donors (Lipinski definition) is 8. The minimum atomic E-state index is -1.39. The van der Waals surface area contributed by atoms with Crippen LogP contribution < -0.4 is 33.6 Å². The molecule has 0 bridgehead atoms. The van der Waals surface area contributed by atoms with Gasteiger partial charge in [-0.3, -0.25) is 19.4 Å². The molecule has 1 fully saturated rings. The van der Waals surface area contributed by atoms with Crippen molar-refractivity contribution in [3.05, 3.63) is 0 Å². The van der Waals surface area contributed by atoms with Gasteiger partial charge in [0.15, 0.2) is 5.96 Å². The number of nitrogens with one attached hydrogen (secondary N) is 2. The van der Waals surface area contributed by atoms with Crippen LogP contribution in [0.5, 0.6) is 0 Å². The molecule has 34 heavy (non-hydrogen) atoms. The largest absolute Gasteiger partial charge is 0.480 e. The molecule has 0 saturated carbocycles. The van der Waals surface area contributed by atoms with E-state index < -0.39 is 48.6 Å². The number of carbonyl (C=O) groups is 4. The second kappa shape index (κ2) is 15.0. The number of unbranched alkanes of at least 4 members (excludes halogenated alkanes) is 1. The highest BCUT2D eigenvalue weighted by Crippen LogP contribution is 2.19. The lowest BCUT2D eigenvalue weighted by atomic mass is 10.1. The second-order valence-electron chi connectivity index (χ2n) is 8.17. The first-order chi connectivity index (χ1) is 16.1. The van der Waals surface area contributed by atoms with E-state index in [2.05, 4.69) is 15.6 Å². The highest BCUT2D eigenvalue weighted by Gasteiger charge is 2.37. The van der Waals surface area contributed by atoms with Gasteiger partial charge in [-0.15, -0.1) is 0 Å². The number of aliphatic imine (C=N–C) groups is 1. The number of nitrogens with two attached hydrogens (primary N) is 4.